The second-order valence-corrected chi connectivity index (χ2v) is 4.54. The smallest absolute Gasteiger partial charge is 0.0466 e. The Morgan fingerprint density at radius 2 is 1.22 bits per heavy atom. The lowest BCUT2D eigenvalue weighted by atomic mass is 10.2. The van der Waals surface area contributed by atoms with Crippen LogP contribution in [0.4, 0.5) is 0 Å². The van der Waals surface area contributed by atoms with Crippen molar-refractivity contribution >= 4 is 21.8 Å². The van der Waals surface area contributed by atoms with Crippen LogP contribution in [-0.2, 0) is 4.74 Å². The van der Waals surface area contributed by atoms with E-state index in [0.717, 1.165) is 13.2 Å². The Morgan fingerprint density at radius 1 is 0.722 bits per heavy atom. The van der Waals surface area contributed by atoms with Crippen LogP contribution in [-0.4, -0.2) is 18.2 Å². The van der Waals surface area contributed by atoms with Gasteiger partial charge in [0.1, 0.15) is 0 Å². The van der Waals surface area contributed by atoms with Gasteiger partial charge in [-0.2, -0.15) is 0 Å². The quantitative estimate of drug-likeness (QED) is 0.627. The number of fused-ring (bicyclic) bond motifs is 3. The first-order valence-corrected chi connectivity index (χ1v) is 6.48. The van der Waals surface area contributed by atoms with Gasteiger partial charge in [-0.15, -0.1) is 0 Å². The zero-order chi connectivity index (χ0) is 12.2. The van der Waals surface area contributed by atoms with Gasteiger partial charge in [0.2, 0.25) is 0 Å². The molecule has 1 aliphatic rings. The Balaban J connectivity index is 0.000000169. The second-order valence-electron chi connectivity index (χ2n) is 4.54. The third-order valence-corrected chi connectivity index (χ3v) is 3.24. The first kappa shape index (κ1) is 11.3. The van der Waals surface area contributed by atoms with Crippen LogP contribution in [0.25, 0.3) is 21.8 Å². The van der Waals surface area contributed by atoms with Gasteiger partial charge in [-0.05, 0) is 25.0 Å². The molecule has 92 valence electrons. The van der Waals surface area contributed by atoms with Crippen molar-refractivity contribution in [2.75, 3.05) is 13.2 Å². The van der Waals surface area contributed by atoms with E-state index in [1.807, 2.05) is 0 Å². The molecule has 0 unspecified atom stereocenters. The fourth-order valence-electron chi connectivity index (χ4n) is 2.31. The van der Waals surface area contributed by atoms with E-state index in [0.29, 0.717) is 0 Å². The lowest BCUT2D eigenvalue weighted by Crippen LogP contribution is -1.74. The van der Waals surface area contributed by atoms with Gasteiger partial charge in [0.15, 0.2) is 0 Å². The number of aromatic nitrogens is 1. The van der Waals surface area contributed by atoms with Gasteiger partial charge >= 0.3 is 0 Å². The van der Waals surface area contributed by atoms with Crippen LogP contribution in [0.2, 0.25) is 0 Å². The number of H-pyrrole nitrogens is 1. The first-order chi connectivity index (χ1) is 8.95. The summed E-state index contributed by atoms with van der Waals surface area (Å²) >= 11 is 0. The highest BCUT2D eigenvalue weighted by molar-refractivity contribution is 6.06. The van der Waals surface area contributed by atoms with E-state index >= 15 is 0 Å². The summed E-state index contributed by atoms with van der Waals surface area (Å²) in [5.74, 6) is 0. The number of benzene rings is 2. The van der Waals surface area contributed by atoms with Crippen LogP contribution >= 0.6 is 0 Å². The van der Waals surface area contributed by atoms with Crippen molar-refractivity contribution in [3.8, 4) is 0 Å². The minimum Gasteiger partial charge on any atom is -0.381 e. The van der Waals surface area contributed by atoms with Gasteiger partial charge in [0.25, 0.3) is 0 Å². The molecule has 0 bridgehead atoms. The maximum atomic E-state index is 4.94. The zero-order valence-electron chi connectivity index (χ0n) is 10.4. The molecule has 18 heavy (non-hydrogen) atoms. The SMILES string of the molecule is C1CCOC1.c1ccc2c(c1)[nH]c1ccccc12. The summed E-state index contributed by atoms with van der Waals surface area (Å²) in [6.07, 6.45) is 2.56. The fourth-order valence-corrected chi connectivity index (χ4v) is 2.31. The minimum absolute atomic E-state index is 1.00. The van der Waals surface area contributed by atoms with Crippen LogP contribution in [0.15, 0.2) is 48.5 Å². The number of ether oxygens (including phenoxy) is 1. The highest BCUT2D eigenvalue weighted by Gasteiger charge is 2.00. The van der Waals surface area contributed by atoms with E-state index in [2.05, 4.69) is 53.5 Å². The highest BCUT2D eigenvalue weighted by atomic mass is 16.5. The zero-order valence-corrected chi connectivity index (χ0v) is 10.4. The van der Waals surface area contributed by atoms with E-state index in [4.69, 9.17) is 4.74 Å². The van der Waals surface area contributed by atoms with Crippen molar-refractivity contribution in [3.63, 3.8) is 0 Å². The lowest BCUT2D eigenvalue weighted by molar-refractivity contribution is 0.198. The molecule has 0 aliphatic carbocycles. The molecule has 2 heteroatoms. The normalized spacial score (nSPS) is 14.7. The molecule has 0 saturated carbocycles. The molecule has 2 nitrogen and oxygen atoms in total. The molecule has 0 radical (unpaired) electrons. The summed E-state index contributed by atoms with van der Waals surface area (Å²) in [5, 5.41) is 2.61. The monoisotopic (exact) mass is 239 g/mol. The van der Waals surface area contributed by atoms with Crippen LogP contribution in [0.1, 0.15) is 12.8 Å². The molecule has 3 aromatic rings. The van der Waals surface area contributed by atoms with E-state index < -0.39 is 0 Å². The van der Waals surface area contributed by atoms with E-state index in [-0.39, 0.29) is 0 Å². The third kappa shape index (κ3) is 2.24. The maximum Gasteiger partial charge on any atom is 0.0466 e. The predicted octanol–water partition coefficient (Wildman–Crippen LogP) is 4.12. The van der Waals surface area contributed by atoms with Crippen molar-refractivity contribution in [3.05, 3.63) is 48.5 Å². The molecule has 2 heterocycles. The fraction of sp³-hybridized carbons (Fsp3) is 0.250. The van der Waals surface area contributed by atoms with Crippen LogP contribution < -0.4 is 0 Å². The first-order valence-electron chi connectivity index (χ1n) is 6.48. The van der Waals surface area contributed by atoms with Crippen LogP contribution in [0.5, 0.6) is 0 Å². The van der Waals surface area contributed by atoms with E-state index in [1.54, 1.807) is 0 Å². The Kier molecular flexibility index (Phi) is 3.29. The van der Waals surface area contributed by atoms with E-state index in [1.165, 1.54) is 34.6 Å². The Morgan fingerprint density at radius 3 is 1.67 bits per heavy atom. The topological polar surface area (TPSA) is 25.0 Å². The van der Waals surface area contributed by atoms with Gasteiger partial charge in [-0.3, -0.25) is 0 Å². The van der Waals surface area contributed by atoms with Crippen LogP contribution in [0, 0.1) is 0 Å². The van der Waals surface area contributed by atoms with Crippen molar-refractivity contribution in [1.29, 1.82) is 0 Å². The molecule has 1 fully saturated rings. The number of nitrogens with one attached hydrogen (secondary N) is 1. The van der Waals surface area contributed by atoms with Crippen molar-refractivity contribution < 1.29 is 4.74 Å². The number of hydrogen-bond donors (Lipinski definition) is 1. The Bertz CT molecular complexity index is 580. The minimum atomic E-state index is 1.00. The molecule has 2 aromatic carbocycles. The predicted molar refractivity (Wildman–Crippen MR) is 75.9 cm³/mol. The van der Waals surface area contributed by atoms with E-state index in [9.17, 15) is 0 Å². The largest absolute Gasteiger partial charge is 0.381 e. The summed E-state index contributed by atoms with van der Waals surface area (Å²) < 4.78 is 4.94. The molecule has 1 saturated heterocycles. The van der Waals surface area contributed by atoms with Gasteiger partial charge in [0.05, 0.1) is 0 Å². The number of para-hydroxylation sites is 2. The molecule has 4 rings (SSSR count). The van der Waals surface area contributed by atoms with Crippen molar-refractivity contribution in [2.45, 2.75) is 12.8 Å². The maximum absolute atomic E-state index is 4.94. The van der Waals surface area contributed by atoms with Crippen LogP contribution in [0.3, 0.4) is 0 Å². The Hall–Kier alpha value is -1.80. The molecule has 0 spiro atoms. The highest BCUT2D eigenvalue weighted by Crippen LogP contribution is 2.24. The summed E-state index contributed by atoms with van der Waals surface area (Å²) in [5.41, 5.74) is 2.42. The third-order valence-electron chi connectivity index (χ3n) is 3.24. The Labute approximate surface area is 107 Å². The van der Waals surface area contributed by atoms with Crippen molar-refractivity contribution in [2.24, 2.45) is 0 Å². The lowest BCUT2D eigenvalue weighted by Gasteiger charge is -1.87. The molecule has 0 atom stereocenters. The van der Waals surface area contributed by atoms with Crippen molar-refractivity contribution in [1.82, 2.24) is 4.98 Å². The summed E-state index contributed by atoms with van der Waals surface area (Å²) in [6, 6.07) is 16.8. The molecule has 1 aromatic heterocycles. The summed E-state index contributed by atoms with van der Waals surface area (Å²) in [7, 11) is 0. The standard InChI is InChI=1S/C12H9N.C4H8O/c1-3-7-11-9(5-1)10-6-2-4-8-12(10)13-11;1-2-4-5-3-1/h1-8,13H;1-4H2. The summed E-state index contributed by atoms with van der Waals surface area (Å²) in [4.78, 5) is 3.38. The van der Waals surface area contributed by atoms with Gasteiger partial charge in [-0.25, -0.2) is 0 Å². The molecular formula is C16H17NO. The molecular weight excluding hydrogens is 222 g/mol. The van der Waals surface area contributed by atoms with Gasteiger partial charge in [-0.1, -0.05) is 36.4 Å². The molecule has 1 N–H and O–H groups in total. The van der Waals surface area contributed by atoms with Gasteiger partial charge in [0, 0.05) is 35.0 Å². The van der Waals surface area contributed by atoms with Gasteiger partial charge < -0.3 is 9.72 Å². The number of rotatable bonds is 0. The number of aromatic amines is 1. The summed E-state index contributed by atoms with van der Waals surface area (Å²) in [6.45, 7) is 2.00. The average molecular weight is 239 g/mol. The average Bonchev–Trinajstić information content (AvgIpc) is 3.10. The second kappa shape index (κ2) is 5.23. The molecule has 0 amide bonds. The number of hydrogen-bond acceptors (Lipinski definition) is 1. The molecule has 1 aliphatic heterocycles.